The summed E-state index contributed by atoms with van der Waals surface area (Å²) in [6.07, 6.45) is 5.36. The van der Waals surface area contributed by atoms with Crippen LogP contribution in [0.4, 0.5) is 0 Å². The molecular weight excluding hydrogens is 324 g/mol. The SMILES string of the molecule is COc1cccc(C(=O)NCC(=O)OCC(=O)NC2CCCCC2)c1. The molecule has 7 heteroatoms. The Kier molecular flexibility index (Phi) is 7.25. The Balaban J connectivity index is 1.67. The molecule has 0 aliphatic heterocycles. The van der Waals surface area contributed by atoms with Gasteiger partial charge < -0.3 is 20.1 Å². The molecule has 0 saturated heterocycles. The van der Waals surface area contributed by atoms with Crippen LogP contribution < -0.4 is 15.4 Å². The number of methoxy groups -OCH3 is 1. The summed E-state index contributed by atoms with van der Waals surface area (Å²) in [4.78, 5) is 35.4. The van der Waals surface area contributed by atoms with E-state index in [4.69, 9.17) is 9.47 Å². The second-order valence-corrected chi connectivity index (χ2v) is 5.98. The zero-order chi connectivity index (χ0) is 18.1. The average Bonchev–Trinajstić information content (AvgIpc) is 2.65. The Morgan fingerprint density at radius 1 is 1.16 bits per heavy atom. The second-order valence-electron chi connectivity index (χ2n) is 5.98. The lowest BCUT2D eigenvalue weighted by molar-refractivity contribution is -0.147. The van der Waals surface area contributed by atoms with Crippen LogP contribution in [0.15, 0.2) is 24.3 Å². The minimum Gasteiger partial charge on any atom is -0.497 e. The van der Waals surface area contributed by atoms with Crippen LogP contribution in [0.3, 0.4) is 0 Å². The van der Waals surface area contributed by atoms with E-state index in [9.17, 15) is 14.4 Å². The van der Waals surface area contributed by atoms with E-state index in [1.807, 2.05) is 0 Å². The zero-order valence-electron chi connectivity index (χ0n) is 14.4. The lowest BCUT2D eigenvalue weighted by Gasteiger charge is -2.22. The molecule has 1 aromatic rings. The molecule has 0 bridgehead atoms. The van der Waals surface area contributed by atoms with E-state index >= 15 is 0 Å². The summed E-state index contributed by atoms with van der Waals surface area (Å²) in [5.74, 6) is -0.827. The maximum Gasteiger partial charge on any atom is 0.325 e. The van der Waals surface area contributed by atoms with Crippen LogP contribution in [-0.2, 0) is 14.3 Å². The van der Waals surface area contributed by atoms with Crippen LogP contribution in [0.1, 0.15) is 42.5 Å². The third kappa shape index (κ3) is 6.45. The first kappa shape index (κ1) is 18.8. The summed E-state index contributed by atoms with van der Waals surface area (Å²) in [6.45, 7) is -0.628. The highest BCUT2D eigenvalue weighted by Crippen LogP contribution is 2.17. The highest BCUT2D eigenvalue weighted by atomic mass is 16.5. The lowest BCUT2D eigenvalue weighted by Crippen LogP contribution is -2.39. The monoisotopic (exact) mass is 348 g/mol. The van der Waals surface area contributed by atoms with E-state index in [1.165, 1.54) is 13.5 Å². The summed E-state index contributed by atoms with van der Waals surface area (Å²) in [5.41, 5.74) is 0.377. The van der Waals surface area contributed by atoms with Gasteiger partial charge in [-0.2, -0.15) is 0 Å². The Labute approximate surface area is 147 Å². The molecule has 0 atom stereocenters. The van der Waals surface area contributed by atoms with Gasteiger partial charge in [-0.25, -0.2) is 0 Å². The first-order chi connectivity index (χ1) is 12.1. The van der Waals surface area contributed by atoms with Gasteiger partial charge in [0, 0.05) is 11.6 Å². The van der Waals surface area contributed by atoms with Crippen molar-refractivity contribution in [3.05, 3.63) is 29.8 Å². The molecule has 1 fully saturated rings. The van der Waals surface area contributed by atoms with Crippen molar-refractivity contribution in [1.82, 2.24) is 10.6 Å². The summed E-state index contributed by atoms with van der Waals surface area (Å²) in [6, 6.07) is 6.75. The van der Waals surface area contributed by atoms with Gasteiger partial charge in [-0.05, 0) is 31.0 Å². The maximum absolute atomic E-state index is 12.0. The van der Waals surface area contributed by atoms with Gasteiger partial charge in [-0.3, -0.25) is 14.4 Å². The summed E-state index contributed by atoms with van der Waals surface area (Å²) in [7, 11) is 1.51. The van der Waals surface area contributed by atoms with Crippen molar-refractivity contribution in [2.75, 3.05) is 20.3 Å². The Hall–Kier alpha value is -2.57. The molecule has 0 radical (unpaired) electrons. The van der Waals surface area contributed by atoms with Crippen LogP contribution in [-0.4, -0.2) is 44.1 Å². The summed E-state index contributed by atoms with van der Waals surface area (Å²) in [5, 5.41) is 5.31. The molecule has 1 aliphatic carbocycles. The Bertz CT molecular complexity index is 611. The fraction of sp³-hybridized carbons (Fsp3) is 0.500. The van der Waals surface area contributed by atoms with Crippen molar-refractivity contribution in [2.45, 2.75) is 38.1 Å². The van der Waals surface area contributed by atoms with E-state index in [-0.39, 0.29) is 25.1 Å². The number of hydrogen-bond donors (Lipinski definition) is 2. The first-order valence-corrected chi connectivity index (χ1v) is 8.45. The molecule has 0 heterocycles. The highest BCUT2D eigenvalue weighted by molar-refractivity contribution is 5.96. The van der Waals surface area contributed by atoms with Gasteiger partial charge in [0.25, 0.3) is 11.8 Å². The highest BCUT2D eigenvalue weighted by Gasteiger charge is 2.17. The van der Waals surface area contributed by atoms with Gasteiger partial charge in [0.1, 0.15) is 12.3 Å². The number of esters is 1. The van der Waals surface area contributed by atoms with Gasteiger partial charge in [0.15, 0.2) is 6.61 Å². The molecule has 7 nitrogen and oxygen atoms in total. The van der Waals surface area contributed by atoms with Gasteiger partial charge in [0.2, 0.25) is 0 Å². The number of benzene rings is 1. The number of carbonyl (C=O) groups excluding carboxylic acids is 3. The molecule has 1 saturated carbocycles. The van der Waals surface area contributed by atoms with Crippen molar-refractivity contribution in [3.63, 3.8) is 0 Å². The van der Waals surface area contributed by atoms with E-state index in [1.54, 1.807) is 24.3 Å². The van der Waals surface area contributed by atoms with Crippen LogP contribution in [0, 0.1) is 0 Å². The number of rotatable bonds is 7. The molecule has 2 N–H and O–H groups in total. The van der Waals surface area contributed by atoms with E-state index in [2.05, 4.69) is 10.6 Å². The van der Waals surface area contributed by atoms with Crippen molar-refractivity contribution >= 4 is 17.8 Å². The number of ether oxygens (including phenoxy) is 2. The minimum absolute atomic E-state index is 0.174. The van der Waals surface area contributed by atoms with Gasteiger partial charge in [0.05, 0.1) is 7.11 Å². The van der Waals surface area contributed by atoms with Gasteiger partial charge >= 0.3 is 5.97 Å². The van der Waals surface area contributed by atoms with Crippen LogP contribution >= 0.6 is 0 Å². The first-order valence-electron chi connectivity index (χ1n) is 8.45. The number of nitrogens with one attached hydrogen (secondary N) is 2. The smallest absolute Gasteiger partial charge is 0.325 e. The molecule has 2 amide bonds. The fourth-order valence-corrected chi connectivity index (χ4v) is 2.73. The third-order valence-corrected chi connectivity index (χ3v) is 4.06. The van der Waals surface area contributed by atoms with E-state index in [0.29, 0.717) is 11.3 Å². The molecule has 1 aliphatic rings. The standard InChI is InChI=1S/C18H24N2O5/c1-24-15-9-5-6-13(10-15)18(23)19-11-17(22)25-12-16(21)20-14-7-3-2-4-8-14/h5-6,9-10,14H,2-4,7-8,11-12H2,1H3,(H,19,23)(H,20,21). The van der Waals surface area contributed by atoms with Crippen LogP contribution in [0.25, 0.3) is 0 Å². The molecule has 0 spiro atoms. The lowest BCUT2D eigenvalue weighted by atomic mass is 9.95. The molecule has 2 rings (SSSR count). The van der Waals surface area contributed by atoms with Crippen molar-refractivity contribution in [2.24, 2.45) is 0 Å². The number of carbonyl (C=O) groups is 3. The largest absolute Gasteiger partial charge is 0.497 e. The van der Waals surface area contributed by atoms with Gasteiger partial charge in [-0.1, -0.05) is 25.3 Å². The van der Waals surface area contributed by atoms with Gasteiger partial charge in [-0.15, -0.1) is 0 Å². The Morgan fingerprint density at radius 3 is 2.64 bits per heavy atom. The molecule has 136 valence electrons. The number of hydrogen-bond acceptors (Lipinski definition) is 5. The van der Waals surface area contributed by atoms with Crippen molar-refractivity contribution in [1.29, 1.82) is 0 Å². The third-order valence-electron chi connectivity index (χ3n) is 4.06. The van der Waals surface area contributed by atoms with E-state index in [0.717, 1.165) is 25.7 Å². The quantitative estimate of drug-likeness (QED) is 0.727. The van der Waals surface area contributed by atoms with Crippen LogP contribution in [0.2, 0.25) is 0 Å². The molecule has 25 heavy (non-hydrogen) atoms. The average molecular weight is 348 g/mol. The van der Waals surface area contributed by atoms with Crippen molar-refractivity contribution < 1.29 is 23.9 Å². The maximum atomic E-state index is 12.0. The van der Waals surface area contributed by atoms with Crippen LogP contribution in [0.5, 0.6) is 5.75 Å². The molecule has 0 aromatic heterocycles. The topological polar surface area (TPSA) is 93.7 Å². The molecular formula is C18H24N2O5. The predicted molar refractivity (Wildman–Crippen MR) is 91.3 cm³/mol. The molecule has 1 aromatic carbocycles. The second kappa shape index (κ2) is 9.66. The zero-order valence-corrected chi connectivity index (χ0v) is 14.4. The van der Waals surface area contributed by atoms with E-state index < -0.39 is 11.9 Å². The summed E-state index contributed by atoms with van der Waals surface area (Å²) < 4.78 is 9.93. The van der Waals surface area contributed by atoms with Crippen molar-refractivity contribution in [3.8, 4) is 5.75 Å². The normalized spacial score (nSPS) is 14.4. The summed E-state index contributed by atoms with van der Waals surface area (Å²) >= 11 is 0. The number of amides is 2. The molecule has 0 unspecified atom stereocenters. The predicted octanol–water partition coefficient (Wildman–Crippen LogP) is 1.42. The Morgan fingerprint density at radius 2 is 1.92 bits per heavy atom. The fourth-order valence-electron chi connectivity index (χ4n) is 2.73. The minimum atomic E-state index is -0.657.